The van der Waals surface area contributed by atoms with E-state index in [0.29, 0.717) is 36.0 Å². The van der Waals surface area contributed by atoms with Gasteiger partial charge in [0.05, 0.1) is 18.8 Å². The van der Waals surface area contributed by atoms with Crippen LogP contribution in [0, 0.1) is 17.8 Å². The molecule has 0 aromatic carbocycles. The molecule has 1 amide bonds. The van der Waals surface area contributed by atoms with Gasteiger partial charge in [-0.05, 0) is 43.4 Å². The van der Waals surface area contributed by atoms with Gasteiger partial charge < -0.3 is 20.3 Å². The number of hydrogen-bond acceptors (Lipinski definition) is 6. The van der Waals surface area contributed by atoms with Gasteiger partial charge in [-0.15, -0.1) is 0 Å². The van der Waals surface area contributed by atoms with E-state index in [1.807, 2.05) is 0 Å². The smallest absolute Gasteiger partial charge is 0.239 e. The molecule has 7 atom stereocenters. The molecule has 4 saturated heterocycles. The molecule has 0 bridgehead atoms. The maximum absolute atomic E-state index is 13.3. The van der Waals surface area contributed by atoms with Crippen molar-refractivity contribution in [2.45, 2.75) is 76.2 Å². The van der Waals surface area contributed by atoms with Gasteiger partial charge in [0.2, 0.25) is 5.91 Å². The third kappa shape index (κ3) is 4.22. The Bertz CT molecular complexity index is 584. The second-order valence-corrected chi connectivity index (χ2v) is 10.0. The van der Waals surface area contributed by atoms with E-state index in [9.17, 15) is 4.79 Å². The first-order valence-electron chi connectivity index (χ1n) is 12.1. The molecule has 3 N–H and O–H groups in total. The molecule has 7 nitrogen and oxygen atoms in total. The summed E-state index contributed by atoms with van der Waals surface area (Å²) in [6.45, 7) is 7.78. The van der Waals surface area contributed by atoms with Gasteiger partial charge in [-0.1, -0.05) is 26.2 Å². The van der Waals surface area contributed by atoms with Crippen LogP contribution in [-0.2, 0) is 9.53 Å². The first-order valence-corrected chi connectivity index (χ1v) is 12.1. The van der Waals surface area contributed by atoms with Gasteiger partial charge in [0.25, 0.3) is 0 Å². The van der Waals surface area contributed by atoms with Gasteiger partial charge in [0, 0.05) is 44.9 Å². The molecule has 7 heteroatoms. The Morgan fingerprint density at radius 1 is 1.21 bits per heavy atom. The lowest BCUT2D eigenvalue weighted by Crippen LogP contribution is -2.58. The Labute approximate surface area is 175 Å². The maximum atomic E-state index is 13.3. The zero-order valence-corrected chi connectivity index (χ0v) is 17.9. The molecule has 0 aromatic rings. The van der Waals surface area contributed by atoms with Crippen molar-refractivity contribution in [3.8, 4) is 0 Å². The van der Waals surface area contributed by atoms with Crippen molar-refractivity contribution in [3.05, 3.63) is 0 Å². The number of hydrazine groups is 1. The molecular weight excluding hydrogens is 366 g/mol. The normalized spacial score (nSPS) is 42.8. The highest BCUT2D eigenvalue weighted by atomic mass is 16.5. The number of nitrogens with one attached hydrogen (secondary N) is 3. The van der Waals surface area contributed by atoms with Crippen LogP contribution in [-0.4, -0.2) is 79.5 Å². The van der Waals surface area contributed by atoms with Crippen LogP contribution in [0.15, 0.2) is 0 Å². The summed E-state index contributed by atoms with van der Waals surface area (Å²) in [4.78, 5) is 15.4. The quantitative estimate of drug-likeness (QED) is 0.632. The number of ether oxygens (including phenoxy) is 1. The van der Waals surface area contributed by atoms with E-state index in [4.69, 9.17) is 4.74 Å². The van der Waals surface area contributed by atoms with E-state index in [1.54, 1.807) is 0 Å². The molecule has 164 valence electrons. The molecule has 0 aromatic heterocycles. The number of carbonyl (C=O) groups is 1. The lowest BCUT2D eigenvalue weighted by atomic mass is 9.75. The Kier molecular flexibility index (Phi) is 6.12. The number of piperazine rings is 1. The lowest BCUT2D eigenvalue weighted by Gasteiger charge is -2.38. The fraction of sp³-hybridized carbons (Fsp3) is 0.955. The third-order valence-electron chi connectivity index (χ3n) is 8.26. The van der Waals surface area contributed by atoms with Crippen LogP contribution in [0.1, 0.15) is 51.9 Å². The van der Waals surface area contributed by atoms with Crippen LogP contribution in [0.3, 0.4) is 0 Å². The zero-order valence-electron chi connectivity index (χ0n) is 17.9. The predicted molar refractivity (Wildman–Crippen MR) is 112 cm³/mol. The number of nitrogens with zero attached hydrogens (tertiary/aromatic N) is 2. The number of hydrogen-bond donors (Lipinski definition) is 3. The zero-order chi connectivity index (χ0) is 19.8. The highest BCUT2D eigenvalue weighted by Gasteiger charge is 2.45. The third-order valence-corrected chi connectivity index (χ3v) is 8.26. The van der Waals surface area contributed by atoms with Crippen LogP contribution in [0.5, 0.6) is 0 Å². The summed E-state index contributed by atoms with van der Waals surface area (Å²) in [6, 6.07) is 1.05. The molecule has 5 fully saturated rings. The maximum Gasteiger partial charge on any atom is 0.239 e. The Balaban J connectivity index is 1.12. The second-order valence-electron chi connectivity index (χ2n) is 10.0. The number of fused-ring (bicyclic) bond motifs is 2. The summed E-state index contributed by atoms with van der Waals surface area (Å²) in [5, 5.41) is 9.77. The first-order chi connectivity index (χ1) is 14.2. The van der Waals surface area contributed by atoms with Crippen molar-refractivity contribution >= 4 is 5.91 Å². The molecule has 7 unspecified atom stereocenters. The predicted octanol–water partition coefficient (Wildman–Crippen LogP) is 0.917. The summed E-state index contributed by atoms with van der Waals surface area (Å²) in [6.07, 6.45) is 8.81. The monoisotopic (exact) mass is 405 g/mol. The summed E-state index contributed by atoms with van der Waals surface area (Å²) in [7, 11) is 0. The summed E-state index contributed by atoms with van der Waals surface area (Å²) >= 11 is 0. The SMILES string of the molecule is CCC1CCCC2NC(C(=O)N3CCN4NC(NCC5CCOC5)CC4C3)CC12. The van der Waals surface area contributed by atoms with Crippen molar-refractivity contribution in [3.63, 3.8) is 0 Å². The second kappa shape index (κ2) is 8.79. The molecule has 5 rings (SSSR count). The number of carbonyl (C=O) groups excluding carboxylic acids is 1. The van der Waals surface area contributed by atoms with Crippen molar-refractivity contribution in [1.82, 2.24) is 26.0 Å². The average Bonchev–Trinajstić information content (AvgIpc) is 3.49. The topological polar surface area (TPSA) is 68.9 Å². The molecule has 29 heavy (non-hydrogen) atoms. The van der Waals surface area contributed by atoms with Gasteiger partial charge in [0.1, 0.15) is 0 Å². The van der Waals surface area contributed by atoms with E-state index in [-0.39, 0.29) is 6.04 Å². The van der Waals surface area contributed by atoms with Crippen LogP contribution in [0.4, 0.5) is 0 Å². The highest BCUT2D eigenvalue weighted by molar-refractivity contribution is 5.82. The van der Waals surface area contributed by atoms with Gasteiger partial charge in [-0.25, -0.2) is 10.4 Å². The highest BCUT2D eigenvalue weighted by Crippen LogP contribution is 2.39. The Morgan fingerprint density at radius 2 is 2.14 bits per heavy atom. The van der Waals surface area contributed by atoms with Gasteiger partial charge in [-0.2, -0.15) is 0 Å². The van der Waals surface area contributed by atoms with Crippen LogP contribution < -0.4 is 16.1 Å². The van der Waals surface area contributed by atoms with E-state index in [2.05, 4.69) is 32.9 Å². The van der Waals surface area contributed by atoms with Crippen LogP contribution in [0.2, 0.25) is 0 Å². The number of amides is 1. The van der Waals surface area contributed by atoms with Gasteiger partial charge in [0.15, 0.2) is 0 Å². The molecule has 0 radical (unpaired) electrons. The van der Waals surface area contributed by atoms with E-state index < -0.39 is 0 Å². The van der Waals surface area contributed by atoms with Gasteiger partial charge in [-0.3, -0.25) is 4.79 Å². The van der Waals surface area contributed by atoms with Crippen molar-refractivity contribution < 1.29 is 9.53 Å². The Morgan fingerprint density at radius 3 is 2.97 bits per heavy atom. The summed E-state index contributed by atoms with van der Waals surface area (Å²) in [5.41, 5.74) is 3.63. The Hall–Kier alpha value is -0.730. The first kappa shape index (κ1) is 20.2. The van der Waals surface area contributed by atoms with Gasteiger partial charge >= 0.3 is 0 Å². The number of rotatable bonds is 5. The van der Waals surface area contributed by atoms with Crippen LogP contribution >= 0.6 is 0 Å². The summed E-state index contributed by atoms with van der Waals surface area (Å²) < 4.78 is 5.48. The van der Waals surface area contributed by atoms with E-state index in [1.165, 1.54) is 32.1 Å². The molecule has 4 aliphatic heterocycles. The minimum absolute atomic E-state index is 0.0503. The lowest BCUT2D eigenvalue weighted by molar-refractivity contribution is -0.136. The molecule has 4 heterocycles. The van der Waals surface area contributed by atoms with E-state index in [0.717, 1.165) is 58.2 Å². The van der Waals surface area contributed by atoms with Crippen LogP contribution in [0.25, 0.3) is 0 Å². The largest absolute Gasteiger partial charge is 0.381 e. The minimum Gasteiger partial charge on any atom is -0.381 e. The fourth-order valence-electron chi connectivity index (χ4n) is 6.55. The molecule has 1 saturated carbocycles. The molecule has 1 aliphatic carbocycles. The minimum atomic E-state index is 0.0503. The van der Waals surface area contributed by atoms with Crippen molar-refractivity contribution in [2.24, 2.45) is 17.8 Å². The molecule has 0 spiro atoms. The fourth-order valence-corrected chi connectivity index (χ4v) is 6.55. The standard InChI is InChI=1S/C22H39N5O2/c1-2-16-4-3-5-19-18(16)11-20(24-19)22(28)26-7-8-27-17(13-26)10-21(25-27)23-12-15-6-9-29-14-15/h15-21,23-25H,2-14H2,1H3. The van der Waals surface area contributed by atoms with Crippen molar-refractivity contribution in [1.29, 1.82) is 0 Å². The van der Waals surface area contributed by atoms with Crippen molar-refractivity contribution in [2.75, 3.05) is 39.4 Å². The molecule has 5 aliphatic rings. The average molecular weight is 406 g/mol. The molecular formula is C22H39N5O2. The summed E-state index contributed by atoms with van der Waals surface area (Å²) in [5.74, 6) is 2.53. The van der Waals surface area contributed by atoms with E-state index >= 15 is 0 Å².